The molecule has 3 aromatic carbocycles. The second kappa shape index (κ2) is 5.21. The van der Waals surface area contributed by atoms with Crippen molar-refractivity contribution in [2.75, 3.05) is 0 Å². The van der Waals surface area contributed by atoms with E-state index in [1.807, 2.05) is 0 Å². The molecule has 0 radical (unpaired) electrons. The van der Waals surface area contributed by atoms with Crippen LogP contribution in [-0.2, 0) is 6.42 Å². The van der Waals surface area contributed by atoms with Crippen LogP contribution in [0, 0.1) is 0 Å². The van der Waals surface area contributed by atoms with E-state index in [0.717, 1.165) is 6.42 Å². The van der Waals surface area contributed by atoms with Gasteiger partial charge in [0, 0.05) is 5.92 Å². The monoisotopic (exact) mass is 270 g/mol. The maximum absolute atomic E-state index is 2.30. The predicted octanol–water partition coefficient (Wildman–Crippen LogP) is 5.16. The minimum atomic E-state index is 0.477. The molecular formula is C21H18. The fourth-order valence-corrected chi connectivity index (χ4v) is 3.68. The zero-order chi connectivity index (χ0) is 14.1. The average molecular weight is 270 g/mol. The van der Waals surface area contributed by atoms with E-state index < -0.39 is 0 Å². The van der Waals surface area contributed by atoms with Gasteiger partial charge < -0.3 is 0 Å². The summed E-state index contributed by atoms with van der Waals surface area (Å²) in [5.41, 5.74) is 5.87. The predicted molar refractivity (Wildman–Crippen MR) is 87.6 cm³/mol. The van der Waals surface area contributed by atoms with Gasteiger partial charge in [0.2, 0.25) is 0 Å². The Labute approximate surface area is 126 Å². The Morgan fingerprint density at radius 1 is 0.571 bits per heavy atom. The molecule has 3 aromatic rings. The van der Waals surface area contributed by atoms with E-state index in [2.05, 4.69) is 84.9 Å². The summed E-state index contributed by atoms with van der Waals surface area (Å²) in [7, 11) is 0. The highest BCUT2D eigenvalue weighted by molar-refractivity contribution is 5.47. The lowest BCUT2D eigenvalue weighted by Crippen LogP contribution is -2.07. The molecule has 0 amide bonds. The fraction of sp³-hybridized carbons (Fsp3) is 0.143. The van der Waals surface area contributed by atoms with Gasteiger partial charge in [0.15, 0.2) is 0 Å². The lowest BCUT2D eigenvalue weighted by molar-refractivity contribution is 0.657. The van der Waals surface area contributed by atoms with Gasteiger partial charge in [0.1, 0.15) is 0 Å². The SMILES string of the molecule is c1ccc([C@@H]2c3ccccc3C[C@@H]2c2ccccc2)cc1. The van der Waals surface area contributed by atoms with Gasteiger partial charge in [-0.25, -0.2) is 0 Å². The van der Waals surface area contributed by atoms with E-state index in [4.69, 9.17) is 0 Å². The number of hydrogen-bond donors (Lipinski definition) is 0. The van der Waals surface area contributed by atoms with Crippen LogP contribution in [0.3, 0.4) is 0 Å². The standard InChI is InChI=1S/C21H18/c1-3-9-16(10-4-1)20-15-18-13-7-8-14-19(18)21(20)17-11-5-2-6-12-17/h1-14,20-21H,15H2/t20-,21-/m1/s1. The molecule has 0 unspecified atom stereocenters. The highest BCUT2D eigenvalue weighted by Gasteiger charge is 2.33. The summed E-state index contributed by atoms with van der Waals surface area (Å²) in [5, 5.41) is 0. The van der Waals surface area contributed by atoms with Crippen LogP contribution in [0.15, 0.2) is 84.9 Å². The quantitative estimate of drug-likeness (QED) is 0.603. The maximum Gasteiger partial charge on any atom is 0.0164 e. The zero-order valence-electron chi connectivity index (χ0n) is 11.9. The van der Waals surface area contributed by atoms with Crippen molar-refractivity contribution in [1.29, 1.82) is 0 Å². The Morgan fingerprint density at radius 3 is 1.86 bits per heavy atom. The number of hydrogen-bond acceptors (Lipinski definition) is 0. The van der Waals surface area contributed by atoms with Crippen LogP contribution in [0.2, 0.25) is 0 Å². The van der Waals surface area contributed by atoms with E-state index in [-0.39, 0.29) is 0 Å². The molecule has 0 aliphatic heterocycles. The molecule has 0 N–H and O–H groups in total. The van der Waals surface area contributed by atoms with Gasteiger partial charge in [-0.15, -0.1) is 0 Å². The van der Waals surface area contributed by atoms with Crippen molar-refractivity contribution in [2.24, 2.45) is 0 Å². The molecule has 0 saturated carbocycles. The lowest BCUT2D eigenvalue weighted by Gasteiger charge is -2.21. The molecule has 1 aliphatic rings. The van der Waals surface area contributed by atoms with Crippen molar-refractivity contribution in [3.63, 3.8) is 0 Å². The fourth-order valence-electron chi connectivity index (χ4n) is 3.68. The zero-order valence-corrected chi connectivity index (χ0v) is 11.9. The van der Waals surface area contributed by atoms with E-state index in [0.29, 0.717) is 11.8 Å². The normalized spacial score (nSPS) is 20.2. The third kappa shape index (κ3) is 2.17. The first kappa shape index (κ1) is 12.4. The summed E-state index contributed by atoms with van der Waals surface area (Å²) >= 11 is 0. The molecule has 0 heterocycles. The Hall–Kier alpha value is -2.34. The van der Waals surface area contributed by atoms with Gasteiger partial charge in [-0.1, -0.05) is 84.9 Å². The van der Waals surface area contributed by atoms with Crippen LogP contribution in [0.25, 0.3) is 0 Å². The molecule has 0 spiro atoms. The minimum absolute atomic E-state index is 0.477. The van der Waals surface area contributed by atoms with Crippen molar-refractivity contribution >= 4 is 0 Å². The van der Waals surface area contributed by atoms with Crippen molar-refractivity contribution in [3.05, 3.63) is 107 Å². The van der Waals surface area contributed by atoms with E-state index in [1.165, 1.54) is 22.3 Å². The van der Waals surface area contributed by atoms with Gasteiger partial charge in [-0.05, 0) is 34.6 Å². The molecule has 102 valence electrons. The largest absolute Gasteiger partial charge is 0.0622 e. The summed E-state index contributed by atoms with van der Waals surface area (Å²) < 4.78 is 0. The molecule has 0 heteroatoms. The molecule has 0 saturated heterocycles. The van der Waals surface area contributed by atoms with Crippen LogP contribution in [0.1, 0.15) is 34.1 Å². The van der Waals surface area contributed by atoms with Crippen molar-refractivity contribution in [3.8, 4) is 0 Å². The second-order valence-corrected chi connectivity index (χ2v) is 5.81. The summed E-state index contributed by atoms with van der Waals surface area (Å²) in [6.45, 7) is 0. The van der Waals surface area contributed by atoms with Crippen molar-refractivity contribution in [2.45, 2.75) is 18.3 Å². The van der Waals surface area contributed by atoms with Crippen LogP contribution < -0.4 is 0 Å². The van der Waals surface area contributed by atoms with Crippen LogP contribution in [0.4, 0.5) is 0 Å². The summed E-state index contributed by atoms with van der Waals surface area (Å²) in [6, 6.07) is 30.8. The third-order valence-electron chi connectivity index (χ3n) is 4.62. The van der Waals surface area contributed by atoms with Gasteiger partial charge >= 0.3 is 0 Å². The number of rotatable bonds is 2. The first-order valence-electron chi connectivity index (χ1n) is 7.61. The molecule has 1 aliphatic carbocycles. The molecule has 0 nitrogen and oxygen atoms in total. The smallest absolute Gasteiger partial charge is 0.0164 e. The van der Waals surface area contributed by atoms with Crippen molar-refractivity contribution in [1.82, 2.24) is 0 Å². The molecule has 4 rings (SSSR count). The van der Waals surface area contributed by atoms with Crippen molar-refractivity contribution < 1.29 is 0 Å². The highest BCUT2D eigenvalue weighted by atomic mass is 14.4. The average Bonchev–Trinajstić information content (AvgIpc) is 2.96. The third-order valence-corrected chi connectivity index (χ3v) is 4.62. The summed E-state index contributed by atoms with van der Waals surface area (Å²) in [6.07, 6.45) is 1.14. The Morgan fingerprint density at radius 2 is 1.14 bits per heavy atom. The molecule has 0 bridgehead atoms. The first-order valence-corrected chi connectivity index (χ1v) is 7.61. The Kier molecular flexibility index (Phi) is 3.08. The molecular weight excluding hydrogens is 252 g/mol. The second-order valence-electron chi connectivity index (χ2n) is 5.81. The van der Waals surface area contributed by atoms with Gasteiger partial charge in [-0.3, -0.25) is 0 Å². The number of fused-ring (bicyclic) bond motifs is 1. The maximum atomic E-state index is 2.30. The van der Waals surface area contributed by atoms with Gasteiger partial charge in [0.25, 0.3) is 0 Å². The van der Waals surface area contributed by atoms with Gasteiger partial charge in [-0.2, -0.15) is 0 Å². The molecule has 21 heavy (non-hydrogen) atoms. The number of benzene rings is 3. The summed E-state index contributed by atoms with van der Waals surface area (Å²) in [5.74, 6) is 1.02. The Balaban J connectivity index is 1.85. The Bertz CT molecular complexity index is 728. The molecule has 2 atom stereocenters. The highest BCUT2D eigenvalue weighted by Crippen LogP contribution is 2.47. The van der Waals surface area contributed by atoms with E-state index in [1.54, 1.807) is 0 Å². The molecule has 0 fully saturated rings. The lowest BCUT2D eigenvalue weighted by atomic mass is 9.82. The van der Waals surface area contributed by atoms with E-state index >= 15 is 0 Å². The van der Waals surface area contributed by atoms with E-state index in [9.17, 15) is 0 Å². The van der Waals surface area contributed by atoms with Crippen LogP contribution >= 0.6 is 0 Å². The summed E-state index contributed by atoms with van der Waals surface area (Å²) in [4.78, 5) is 0. The van der Waals surface area contributed by atoms with Crippen LogP contribution in [0.5, 0.6) is 0 Å². The van der Waals surface area contributed by atoms with Crippen LogP contribution in [-0.4, -0.2) is 0 Å². The minimum Gasteiger partial charge on any atom is -0.0622 e. The molecule has 0 aromatic heterocycles. The first-order chi connectivity index (χ1) is 10.4. The topological polar surface area (TPSA) is 0 Å². The van der Waals surface area contributed by atoms with Gasteiger partial charge in [0.05, 0.1) is 0 Å².